The summed E-state index contributed by atoms with van der Waals surface area (Å²) in [4.78, 5) is 23.2. The number of aromatic carboxylic acids is 2. The molecule has 0 bridgehead atoms. The van der Waals surface area contributed by atoms with Crippen LogP contribution in [0.15, 0.2) is 60.7 Å². The summed E-state index contributed by atoms with van der Waals surface area (Å²) in [7, 11) is 0. The first-order valence-corrected chi connectivity index (χ1v) is 10.6. The van der Waals surface area contributed by atoms with Crippen molar-refractivity contribution in [2.75, 3.05) is 26.2 Å². The van der Waals surface area contributed by atoms with Gasteiger partial charge >= 0.3 is 11.9 Å². The zero-order valence-electron chi connectivity index (χ0n) is 17.7. The molecular formula is C25H25ClN2O4. The smallest absolute Gasteiger partial charge is 0.336 e. The monoisotopic (exact) mass is 452 g/mol. The second-order valence-corrected chi connectivity index (χ2v) is 7.76. The Bertz CT molecular complexity index is 1100. The Hall–Kier alpha value is -3.19. The third-order valence-corrected chi connectivity index (χ3v) is 5.49. The maximum atomic E-state index is 11.9. The summed E-state index contributed by atoms with van der Waals surface area (Å²) in [5.74, 6) is -2.31. The van der Waals surface area contributed by atoms with E-state index >= 15 is 0 Å². The number of nitrogens with one attached hydrogen (secondary N) is 2. The molecule has 1 aliphatic heterocycles. The van der Waals surface area contributed by atoms with Crippen LogP contribution in [0.1, 0.15) is 26.3 Å². The highest BCUT2D eigenvalue weighted by molar-refractivity contribution is 6.30. The van der Waals surface area contributed by atoms with Gasteiger partial charge in [0.1, 0.15) is 0 Å². The SMILES string of the molecule is C1CNCCN1.Cc1c(C(=O)O)ccc(-c2ccccc2-c2ccc(Cl)cc2)c1C(=O)O. The minimum absolute atomic E-state index is 0.00804. The standard InChI is InChI=1S/C21H15ClO4.C4H10N2/c1-12-15(20(23)24)10-11-18(19(12)21(25)26)17-5-3-2-4-16(17)13-6-8-14(22)9-7-13;1-2-6-4-3-5-1/h2-11H,1H3,(H,23,24)(H,25,26);5-6H,1-4H2. The molecule has 4 N–H and O–H groups in total. The Morgan fingerprint density at radius 2 is 1.31 bits per heavy atom. The van der Waals surface area contributed by atoms with E-state index in [2.05, 4.69) is 10.6 Å². The third-order valence-electron chi connectivity index (χ3n) is 5.24. The fourth-order valence-corrected chi connectivity index (χ4v) is 3.77. The van der Waals surface area contributed by atoms with Crippen LogP contribution in [0.3, 0.4) is 0 Å². The quantitative estimate of drug-likeness (QED) is 0.463. The van der Waals surface area contributed by atoms with Gasteiger partial charge in [-0.3, -0.25) is 0 Å². The van der Waals surface area contributed by atoms with Gasteiger partial charge in [0.05, 0.1) is 11.1 Å². The van der Waals surface area contributed by atoms with Crippen molar-refractivity contribution < 1.29 is 19.8 Å². The van der Waals surface area contributed by atoms with Gasteiger partial charge in [0.25, 0.3) is 0 Å². The van der Waals surface area contributed by atoms with E-state index in [1.165, 1.54) is 13.0 Å². The van der Waals surface area contributed by atoms with Crippen molar-refractivity contribution in [3.63, 3.8) is 0 Å². The van der Waals surface area contributed by atoms with E-state index in [4.69, 9.17) is 11.6 Å². The van der Waals surface area contributed by atoms with Gasteiger partial charge in [-0.2, -0.15) is 0 Å². The van der Waals surface area contributed by atoms with Gasteiger partial charge in [-0.25, -0.2) is 9.59 Å². The van der Waals surface area contributed by atoms with Gasteiger partial charge in [0.15, 0.2) is 0 Å². The number of hydrogen-bond acceptors (Lipinski definition) is 4. The maximum Gasteiger partial charge on any atom is 0.336 e. The van der Waals surface area contributed by atoms with Gasteiger partial charge in [0, 0.05) is 31.2 Å². The zero-order chi connectivity index (χ0) is 23.1. The lowest BCUT2D eigenvalue weighted by atomic mass is 9.88. The highest BCUT2D eigenvalue weighted by Crippen LogP contribution is 2.36. The number of carboxylic acid groups (broad SMARTS) is 2. The second-order valence-electron chi connectivity index (χ2n) is 7.32. The van der Waals surface area contributed by atoms with Crippen LogP contribution in [0.4, 0.5) is 0 Å². The average Bonchev–Trinajstić information content (AvgIpc) is 2.80. The minimum atomic E-state index is -1.16. The average molecular weight is 453 g/mol. The molecule has 0 saturated carbocycles. The van der Waals surface area contributed by atoms with E-state index in [0.29, 0.717) is 16.1 Å². The molecule has 0 radical (unpaired) electrons. The fourth-order valence-electron chi connectivity index (χ4n) is 3.65. The van der Waals surface area contributed by atoms with Gasteiger partial charge in [-0.05, 0) is 52.9 Å². The van der Waals surface area contributed by atoms with Crippen molar-refractivity contribution in [3.05, 3.63) is 82.4 Å². The van der Waals surface area contributed by atoms with Gasteiger partial charge in [0.2, 0.25) is 0 Å². The van der Waals surface area contributed by atoms with E-state index in [9.17, 15) is 19.8 Å². The molecule has 0 atom stereocenters. The van der Waals surface area contributed by atoms with Crippen molar-refractivity contribution in [1.29, 1.82) is 0 Å². The fraction of sp³-hybridized carbons (Fsp3) is 0.200. The Kier molecular flexibility index (Phi) is 8.00. The number of halogens is 1. The summed E-state index contributed by atoms with van der Waals surface area (Å²) >= 11 is 5.96. The second kappa shape index (κ2) is 10.9. The van der Waals surface area contributed by atoms with Gasteiger partial charge in [-0.1, -0.05) is 54.1 Å². The molecule has 1 saturated heterocycles. The molecule has 32 heavy (non-hydrogen) atoms. The molecule has 0 unspecified atom stereocenters. The molecule has 0 amide bonds. The maximum absolute atomic E-state index is 11.9. The van der Waals surface area contributed by atoms with Crippen molar-refractivity contribution in [1.82, 2.24) is 10.6 Å². The number of benzene rings is 3. The number of carbonyl (C=O) groups is 2. The van der Waals surface area contributed by atoms with Crippen molar-refractivity contribution in [2.24, 2.45) is 0 Å². The zero-order valence-corrected chi connectivity index (χ0v) is 18.4. The summed E-state index contributed by atoms with van der Waals surface area (Å²) in [5.41, 5.74) is 3.13. The first-order valence-electron chi connectivity index (χ1n) is 10.3. The van der Waals surface area contributed by atoms with Crippen LogP contribution >= 0.6 is 11.6 Å². The number of hydrogen-bond donors (Lipinski definition) is 4. The van der Waals surface area contributed by atoms with E-state index in [-0.39, 0.29) is 16.7 Å². The molecule has 0 aliphatic carbocycles. The number of rotatable bonds is 4. The highest BCUT2D eigenvalue weighted by Gasteiger charge is 2.21. The van der Waals surface area contributed by atoms with Crippen molar-refractivity contribution >= 4 is 23.5 Å². The molecule has 0 spiro atoms. The summed E-state index contributed by atoms with van der Waals surface area (Å²) < 4.78 is 0. The largest absolute Gasteiger partial charge is 0.478 e. The first-order chi connectivity index (χ1) is 15.4. The number of carboxylic acids is 2. The molecule has 6 nitrogen and oxygen atoms in total. The van der Waals surface area contributed by atoms with Crippen molar-refractivity contribution in [2.45, 2.75) is 6.92 Å². The van der Waals surface area contributed by atoms with Crippen LogP contribution in [-0.4, -0.2) is 48.3 Å². The normalized spacial score (nSPS) is 13.1. The lowest BCUT2D eigenvalue weighted by Gasteiger charge is -2.15. The van der Waals surface area contributed by atoms with Crippen LogP contribution in [-0.2, 0) is 0 Å². The summed E-state index contributed by atoms with van der Waals surface area (Å²) in [6.45, 7) is 6.07. The van der Waals surface area contributed by atoms with Crippen LogP contribution in [0, 0.1) is 6.92 Å². The van der Waals surface area contributed by atoms with Crippen LogP contribution in [0.2, 0.25) is 5.02 Å². The van der Waals surface area contributed by atoms with Crippen LogP contribution in [0.25, 0.3) is 22.3 Å². The Balaban J connectivity index is 0.000000416. The summed E-state index contributed by atoms with van der Waals surface area (Å²) in [6.07, 6.45) is 0. The molecule has 0 aromatic heterocycles. The Morgan fingerprint density at radius 3 is 1.81 bits per heavy atom. The molecule has 7 heteroatoms. The molecule has 1 fully saturated rings. The van der Waals surface area contributed by atoms with E-state index < -0.39 is 11.9 Å². The van der Waals surface area contributed by atoms with Gasteiger partial charge in [-0.15, -0.1) is 0 Å². The predicted molar refractivity (Wildman–Crippen MR) is 127 cm³/mol. The van der Waals surface area contributed by atoms with E-state index in [1.807, 2.05) is 36.4 Å². The Morgan fingerprint density at radius 1 is 0.750 bits per heavy atom. The first kappa shape index (κ1) is 23.5. The third kappa shape index (κ3) is 5.53. The molecular weight excluding hydrogens is 428 g/mol. The van der Waals surface area contributed by atoms with E-state index in [0.717, 1.165) is 37.3 Å². The van der Waals surface area contributed by atoms with Crippen LogP contribution < -0.4 is 10.6 Å². The summed E-state index contributed by atoms with van der Waals surface area (Å²) in [5, 5.41) is 26.0. The number of piperazine rings is 1. The topological polar surface area (TPSA) is 98.7 Å². The van der Waals surface area contributed by atoms with Crippen LogP contribution in [0.5, 0.6) is 0 Å². The Labute approximate surface area is 191 Å². The van der Waals surface area contributed by atoms with Gasteiger partial charge < -0.3 is 20.8 Å². The van der Waals surface area contributed by atoms with Crippen molar-refractivity contribution in [3.8, 4) is 22.3 Å². The molecule has 1 aliphatic rings. The lowest BCUT2D eigenvalue weighted by molar-refractivity contribution is 0.0696. The highest BCUT2D eigenvalue weighted by atomic mass is 35.5. The minimum Gasteiger partial charge on any atom is -0.478 e. The molecule has 3 aromatic rings. The molecule has 1 heterocycles. The summed E-state index contributed by atoms with van der Waals surface area (Å²) in [6, 6.07) is 17.7. The lowest BCUT2D eigenvalue weighted by Crippen LogP contribution is -2.39. The predicted octanol–water partition coefficient (Wildman–Crippen LogP) is 4.56. The molecule has 4 rings (SSSR count). The molecule has 166 valence electrons. The van der Waals surface area contributed by atoms with E-state index in [1.54, 1.807) is 18.2 Å². The molecule has 3 aromatic carbocycles.